The molecule has 0 aliphatic carbocycles. The average Bonchev–Trinajstić information content (AvgIpc) is 2.27. The van der Waals surface area contributed by atoms with Gasteiger partial charge in [-0.15, -0.1) is 0 Å². The number of methoxy groups -OCH3 is 1. The standard InChI is InChI=1S/C12H14FNO3/c1-7(2)14-12(16)11(15)9-6-8(13)4-5-10(9)17-3/h4-7H,1-3H3,(H,14,16). The first-order valence-electron chi connectivity index (χ1n) is 5.14. The number of ketones is 1. The van der Waals surface area contributed by atoms with Crippen LogP contribution in [0.5, 0.6) is 5.75 Å². The number of hydrogen-bond donors (Lipinski definition) is 1. The molecule has 0 atom stereocenters. The van der Waals surface area contributed by atoms with E-state index in [0.717, 1.165) is 12.1 Å². The van der Waals surface area contributed by atoms with Crippen LogP contribution in [0.1, 0.15) is 24.2 Å². The van der Waals surface area contributed by atoms with Crippen molar-refractivity contribution in [2.24, 2.45) is 0 Å². The third kappa shape index (κ3) is 3.27. The third-order valence-corrected chi connectivity index (χ3v) is 2.03. The highest BCUT2D eigenvalue weighted by Crippen LogP contribution is 2.19. The van der Waals surface area contributed by atoms with Crippen LogP contribution >= 0.6 is 0 Å². The fourth-order valence-corrected chi connectivity index (χ4v) is 1.31. The molecular weight excluding hydrogens is 225 g/mol. The van der Waals surface area contributed by atoms with Crippen molar-refractivity contribution in [3.05, 3.63) is 29.6 Å². The minimum Gasteiger partial charge on any atom is -0.496 e. The van der Waals surface area contributed by atoms with Gasteiger partial charge in [0, 0.05) is 6.04 Å². The molecule has 1 amide bonds. The quantitative estimate of drug-likeness (QED) is 0.640. The molecule has 0 aliphatic heterocycles. The number of ether oxygens (including phenoxy) is 1. The van der Waals surface area contributed by atoms with E-state index in [2.05, 4.69) is 5.32 Å². The number of nitrogens with one attached hydrogen (secondary N) is 1. The molecule has 0 spiro atoms. The molecule has 0 fully saturated rings. The first kappa shape index (κ1) is 13.2. The van der Waals surface area contributed by atoms with E-state index in [0.29, 0.717) is 0 Å². The summed E-state index contributed by atoms with van der Waals surface area (Å²) in [7, 11) is 1.35. The summed E-state index contributed by atoms with van der Waals surface area (Å²) in [6.07, 6.45) is 0. The van der Waals surface area contributed by atoms with Gasteiger partial charge in [0.15, 0.2) is 0 Å². The van der Waals surface area contributed by atoms with Gasteiger partial charge < -0.3 is 10.1 Å². The average molecular weight is 239 g/mol. The van der Waals surface area contributed by atoms with Crippen LogP contribution in [-0.4, -0.2) is 24.8 Å². The number of rotatable bonds is 4. The van der Waals surface area contributed by atoms with E-state index in [1.807, 2.05) is 0 Å². The molecule has 0 saturated carbocycles. The maximum absolute atomic E-state index is 13.0. The summed E-state index contributed by atoms with van der Waals surface area (Å²) in [6.45, 7) is 3.46. The Bertz CT molecular complexity index is 443. The van der Waals surface area contributed by atoms with Crippen LogP contribution in [-0.2, 0) is 4.79 Å². The molecule has 0 saturated heterocycles. The van der Waals surface area contributed by atoms with Crippen LogP contribution in [0.15, 0.2) is 18.2 Å². The lowest BCUT2D eigenvalue weighted by atomic mass is 10.1. The highest BCUT2D eigenvalue weighted by molar-refractivity contribution is 6.43. The molecule has 5 heteroatoms. The zero-order valence-corrected chi connectivity index (χ0v) is 9.91. The van der Waals surface area contributed by atoms with Crippen molar-refractivity contribution in [1.29, 1.82) is 0 Å². The zero-order valence-electron chi connectivity index (χ0n) is 9.91. The molecule has 1 aromatic rings. The van der Waals surface area contributed by atoms with E-state index in [1.165, 1.54) is 13.2 Å². The van der Waals surface area contributed by atoms with Gasteiger partial charge in [0.05, 0.1) is 12.7 Å². The van der Waals surface area contributed by atoms with E-state index < -0.39 is 17.5 Å². The van der Waals surface area contributed by atoms with Crippen molar-refractivity contribution < 1.29 is 18.7 Å². The first-order valence-corrected chi connectivity index (χ1v) is 5.14. The van der Waals surface area contributed by atoms with Gasteiger partial charge in [-0.1, -0.05) is 0 Å². The Hall–Kier alpha value is -1.91. The number of Topliss-reactive ketones (excluding diaryl/α,β-unsaturated/α-hetero) is 1. The van der Waals surface area contributed by atoms with Crippen molar-refractivity contribution in [2.75, 3.05) is 7.11 Å². The summed E-state index contributed by atoms with van der Waals surface area (Å²) < 4.78 is 17.9. The molecule has 1 rings (SSSR count). The molecule has 0 bridgehead atoms. The number of halogens is 1. The van der Waals surface area contributed by atoms with Gasteiger partial charge in [0.25, 0.3) is 11.7 Å². The van der Waals surface area contributed by atoms with Gasteiger partial charge >= 0.3 is 0 Å². The molecule has 1 aromatic carbocycles. The molecular formula is C12H14FNO3. The zero-order chi connectivity index (χ0) is 13.0. The maximum Gasteiger partial charge on any atom is 0.292 e. The summed E-state index contributed by atoms with van der Waals surface area (Å²) >= 11 is 0. The van der Waals surface area contributed by atoms with Crippen LogP contribution in [0.2, 0.25) is 0 Å². The van der Waals surface area contributed by atoms with Crippen molar-refractivity contribution in [1.82, 2.24) is 5.32 Å². The minimum absolute atomic E-state index is 0.0781. The smallest absolute Gasteiger partial charge is 0.292 e. The molecule has 0 aliphatic rings. The van der Waals surface area contributed by atoms with E-state index in [1.54, 1.807) is 13.8 Å². The Balaban J connectivity index is 3.02. The first-order chi connectivity index (χ1) is 7.95. The highest BCUT2D eigenvalue weighted by atomic mass is 19.1. The largest absolute Gasteiger partial charge is 0.496 e. The lowest BCUT2D eigenvalue weighted by Crippen LogP contribution is -2.36. The predicted molar refractivity (Wildman–Crippen MR) is 60.6 cm³/mol. The van der Waals surface area contributed by atoms with Crippen molar-refractivity contribution in [3.63, 3.8) is 0 Å². The van der Waals surface area contributed by atoms with Crippen molar-refractivity contribution in [2.45, 2.75) is 19.9 Å². The van der Waals surface area contributed by atoms with E-state index >= 15 is 0 Å². The lowest BCUT2D eigenvalue weighted by Gasteiger charge is -2.09. The molecule has 0 radical (unpaired) electrons. The van der Waals surface area contributed by atoms with Gasteiger partial charge in [-0.05, 0) is 32.0 Å². The van der Waals surface area contributed by atoms with Crippen LogP contribution in [0.3, 0.4) is 0 Å². The van der Waals surface area contributed by atoms with Gasteiger partial charge in [0.2, 0.25) is 0 Å². The molecule has 0 aromatic heterocycles. The van der Waals surface area contributed by atoms with Gasteiger partial charge in [-0.2, -0.15) is 0 Å². The Morgan fingerprint density at radius 3 is 2.53 bits per heavy atom. The lowest BCUT2D eigenvalue weighted by molar-refractivity contribution is -0.117. The van der Waals surface area contributed by atoms with Crippen molar-refractivity contribution in [3.8, 4) is 5.75 Å². The number of carbonyl (C=O) groups excluding carboxylic acids is 2. The van der Waals surface area contributed by atoms with Crippen LogP contribution in [0, 0.1) is 5.82 Å². The second-order valence-corrected chi connectivity index (χ2v) is 3.80. The van der Waals surface area contributed by atoms with Crippen LogP contribution in [0.4, 0.5) is 4.39 Å². The van der Waals surface area contributed by atoms with Gasteiger partial charge in [-0.25, -0.2) is 4.39 Å². The fourth-order valence-electron chi connectivity index (χ4n) is 1.31. The summed E-state index contributed by atoms with van der Waals surface area (Å²) in [4.78, 5) is 23.2. The molecule has 17 heavy (non-hydrogen) atoms. The summed E-state index contributed by atoms with van der Waals surface area (Å²) in [5.74, 6) is -2.00. The molecule has 1 N–H and O–H groups in total. The number of hydrogen-bond acceptors (Lipinski definition) is 3. The van der Waals surface area contributed by atoms with Crippen LogP contribution < -0.4 is 10.1 Å². The molecule has 4 nitrogen and oxygen atoms in total. The van der Waals surface area contributed by atoms with Crippen molar-refractivity contribution >= 4 is 11.7 Å². The second-order valence-electron chi connectivity index (χ2n) is 3.80. The summed E-state index contributed by atoms with van der Waals surface area (Å²) in [5, 5.41) is 2.45. The highest BCUT2D eigenvalue weighted by Gasteiger charge is 2.21. The normalized spacial score (nSPS) is 10.2. The predicted octanol–water partition coefficient (Wildman–Crippen LogP) is 1.54. The number of carbonyl (C=O) groups is 2. The van der Waals surface area contributed by atoms with Gasteiger partial charge in [0.1, 0.15) is 11.6 Å². The topological polar surface area (TPSA) is 55.4 Å². The number of amides is 1. The fraction of sp³-hybridized carbons (Fsp3) is 0.333. The Morgan fingerprint density at radius 2 is 2.00 bits per heavy atom. The van der Waals surface area contributed by atoms with Crippen LogP contribution in [0.25, 0.3) is 0 Å². The molecule has 0 unspecified atom stereocenters. The summed E-state index contributed by atoms with van der Waals surface area (Å²) in [6, 6.07) is 3.30. The van der Waals surface area contributed by atoms with Gasteiger partial charge in [-0.3, -0.25) is 9.59 Å². The minimum atomic E-state index is -0.810. The monoisotopic (exact) mass is 239 g/mol. The Labute approximate surface area is 98.8 Å². The Morgan fingerprint density at radius 1 is 1.35 bits per heavy atom. The summed E-state index contributed by atoms with van der Waals surface area (Å²) in [5.41, 5.74) is -0.0781. The SMILES string of the molecule is COc1ccc(F)cc1C(=O)C(=O)NC(C)C. The Kier molecular flexibility index (Phi) is 4.20. The van der Waals surface area contributed by atoms with E-state index in [4.69, 9.17) is 4.74 Å². The molecule has 92 valence electrons. The second kappa shape index (κ2) is 5.43. The number of benzene rings is 1. The maximum atomic E-state index is 13.0. The third-order valence-electron chi connectivity index (χ3n) is 2.03. The van der Waals surface area contributed by atoms with E-state index in [-0.39, 0.29) is 17.4 Å². The van der Waals surface area contributed by atoms with E-state index in [9.17, 15) is 14.0 Å². The molecule has 0 heterocycles.